The van der Waals surface area contributed by atoms with Gasteiger partial charge in [0.2, 0.25) is 0 Å². The van der Waals surface area contributed by atoms with Crippen LogP contribution in [0.25, 0.3) is 0 Å². The Morgan fingerprint density at radius 1 is 1.21 bits per heavy atom. The molecule has 0 unspecified atom stereocenters. The van der Waals surface area contributed by atoms with Gasteiger partial charge in [-0.15, -0.1) is 11.3 Å². The standard InChI is InChI=1S/C13H8BrF3OS/c14-10-5-11(19-7-10)6-12(18)8-1-3-9(4-2-8)13(15,16)17/h1-5,7H,6H2. The van der Waals surface area contributed by atoms with Crippen LogP contribution in [0.2, 0.25) is 0 Å². The first-order valence-electron chi connectivity index (χ1n) is 5.29. The van der Waals surface area contributed by atoms with Crippen LogP contribution in [0.15, 0.2) is 40.2 Å². The maximum atomic E-state index is 12.4. The molecule has 0 N–H and O–H groups in total. The predicted molar refractivity (Wildman–Crippen MR) is 71.5 cm³/mol. The van der Waals surface area contributed by atoms with E-state index >= 15 is 0 Å². The van der Waals surface area contributed by atoms with Crippen LogP contribution in [0.4, 0.5) is 13.2 Å². The van der Waals surface area contributed by atoms with Crippen molar-refractivity contribution in [2.24, 2.45) is 0 Å². The van der Waals surface area contributed by atoms with Crippen molar-refractivity contribution in [1.29, 1.82) is 0 Å². The van der Waals surface area contributed by atoms with Gasteiger partial charge in [-0.05, 0) is 34.1 Å². The van der Waals surface area contributed by atoms with Crippen LogP contribution in [0, 0.1) is 0 Å². The molecule has 0 bridgehead atoms. The fourth-order valence-electron chi connectivity index (χ4n) is 1.55. The maximum absolute atomic E-state index is 12.4. The molecule has 1 heterocycles. The van der Waals surface area contributed by atoms with Crippen LogP contribution in [0.3, 0.4) is 0 Å². The van der Waals surface area contributed by atoms with E-state index in [1.165, 1.54) is 23.5 Å². The first-order valence-corrected chi connectivity index (χ1v) is 6.97. The van der Waals surface area contributed by atoms with Gasteiger partial charge in [0, 0.05) is 26.7 Å². The number of carbonyl (C=O) groups is 1. The maximum Gasteiger partial charge on any atom is 0.416 e. The van der Waals surface area contributed by atoms with E-state index < -0.39 is 11.7 Å². The van der Waals surface area contributed by atoms with Gasteiger partial charge in [-0.1, -0.05) is 12.1 Å². The molecule has 6 heteroatoms. The molecule has 0 atom stereocenters. The van der Waals surface area contributed by atoms with Crippen LogP contribution in [-0.2, 0) is 12.6 Å². The third kappa shape index (κ3) is 3.67. The van der Waals surface area contributed by atoms with Gasteiger partial charge in [-0.3, -0.25) is 4.79 Å². The van der Waals surface area contributed by atoms with Crippen molar-refractivity contribution < 1.29 is 18.0 Å². The molecule has 0 spiro atoms. The minimum absolute atomic E-state index is 0.192. The zero-order chi connectivity index (χ0) is 14.0. The summed E-state index contributed by atoms with van der Waals surface area (Å²) in [4.78, 5) is 12.8. The molecule has 19 heavy (non-hydrogen) atoms. The first kappa shape index (κ1) is 14.3. The Balaban J connectivity index is 2.12. The molecule has 0 saturated heterocycles. The number of Topliss-reactive ketones (excluding diaryl/α,β-unsaturated/α-hetero) is 1. The van der Waals surface area contributed by atoms with Gasteiger partial charge >= 0.3 is 6.18 Å². The summed E-state index contributed by atoms with van der Waals surface area (Å²) >= 11 is 4.72. The summed E-state index contributed by atoms with van der Waals surface area (Å²) in [5.74, 6) is -0.192. The largest absolute Gasteiger partial charge is 0.416 e. The molecule has 2 aromatic rings. The number of thiophene rings is 1. The highest BCUT2D eigenvalue weighted by molar-refractivity contribution is 9.10. The lowest BCUT2D eigenvalue weighted by Gasteiger charge is -2.06. The van der Waals surface area contributed by atoms with Gasteiger partial charge in [0.25, 0.3) is 0 Å². The van der Waals surface area contributed by atoms with E-state index in [2.05, 4.69) is 15.9 Å². The normalized spacial score (nSPS) is 11.6. The summed E-state index contributed by atoms with van der Waals surface area (Å²) in [5, 5.41) is 1.86. The number of benzene rings is 1. The third-order valence-electron chi connectivity index (χ3n) is 2.49. The molecule has 0 aliphatic carbocycles. The zero-order valence-corrected chi connectivity index (χ0v) is 11.9. The second-order valence-electron chi connectivity index (χ2n) is 3.91. The predicted octanol–water partition coefficient (Wildman–Crippen LogP) is 4.95. The van der Waals surface area contributed by atoms with Crippen LogP contribution in [0.5, 0.6) is 0 Å². The van der Waals surface area contributed by atoms with Gasteiger partial charge in [-0.2, -0.15) is 13.2 Å². The smallest absolute Gasteiger partial charge is 0.294 e. The number of carbonyl (C=O) groups excluding carboxylic acids is 1. The van der Waals surface area contributed by atoms with Crippen LogP contribution in [-0.4, -0.2) is 5.78 Å². The number of rotatable bonds is 3. The number of alkyl halides is 3. The van der Waals surface area contributed by atoms with Crippen molar-refractivity contribution in [3.05, 3.63) is 56.2 Å². The van der Waals surface area contributed by atoms with E-state index in [4.69, 9.17) is 0 Å². The SMILES string of the molecule is O=C(Cc1cc(Br)cs1)c1ccc(C(F)(F)F)cc1. The highest BCUT2D eigenvalue weighted by atomic mass is 79.9. The molecule has 0 fully saturated rings. The van der Waals surface area contributed by atoms with Gasteiger partial charge in [0.15, 0.2) is 5.78 Å². The van der Waals surface area contributed by atoms with E-state index in [1.54, 1.807) is 0 Å². The fraction of sp³-hybridized carbons (Fsp3) is 0.154. The second-order valence-corrected chi connectivity index (χ2v) is 5.82. The Hall–Kier alpha value is -1.14. The van der Waals surface area contributed by atoms with Gasteiger partial charge < -0.3 is 0 Å². The molecule has 2 rings (SSSR count). The Morgan fingerprint density at radius 3 is 2.32 bits per heavy atom. The Morgan fingerprint density at radius 2 is 1.84 bits per heavy atom. The van der Waals surface area contributed by atoms with Crippen LogP contribution < -0.4 is 0 Å². The number of hydrogen-bond acceptors (Lipinski definition) is 2. The lowest BCUT2D eigenvalue weighted by atomic mass is 10.1. The molecule has 100 valence electrons. The monoisotopic (exact) mass is 348 g/mol. The molecule has 0 aliphatic heterocycles. The van der Waals surface area contributed by atoms with Crippen molar-refractivity contribution in [1.82, 2.24) is 0 Å². The minimum atomic E-state index is -4.37. The van der Waals surface area contributed by atoms with Crippen LogP contribution >= 0.6 is 27.3 Å². The van der Waals surface area contributed by atoms with Crippen molar-refractivity contribution in [3.63, 3.8) is 0 Å². The fourth-order valence-corrected chi connectivity index (χ4v) is 3.00. The van der Waals surface area contributed by atoms with E-state index in [9.17, 15) is 18.0 Å². The highest BCUT2D eigenvalue weighted by Crippen LogP contribution is 2.29. The van der Waals surface area contributed by atoms with Crippen molar-refractivity contribution in [2.75, 3.05) is 0 Å². The van der Waals surface area contributed by atoms with E-state index in [-0.39, 0.29) is 17.8 Å². The van der Waals surface area contributed by atoms with Gasteiger partial charge in [-0.25, -0.2) is 0 Å². The molecule has 1 aromatic heterocycles. The van der Waals surface area contributed by atoms with E-state index in [0.29, 0.717) is 0 Å². The van der Waals surface area contributed by atoms with Gasteiger partial charge in [0.1, 0.15) is 0 Å². The Labute approximate surface area is 120 Å². The summed E-state index contributed by atoms with van der Waals surface area (Å²) < 4.78 is 38.0. The topological polar surface area (TPSA) is 17.1 Å². The molecule has 0 amide bonds. The summed E-state index contributed by atoms with van der Waals surface area (Å²) in [6.07, 6.45) is -4.18. The molecule has 1 nitrogen and oxygen atoms in total. The first-order chi connectivity index (χ1) is 8.86. The average molecular weight is 349 g/mol. The van der Waals surface area contributed by atoms with Crippen molar-refractivity contribution >= 4 is 33.0 Å². The lowest BCUT2D eigenvalue weighted by Crippen LogP contribution is -2.07. The number of halogens is 4. The quantitative estimate of drug-likeness (QED) is 0.717. The number of hydrogen-bond donors (Lipinski definition) is 0. The summed E-state index contributed by atoms with van der Waals surface area (Å²) in [5.41, 5.74) is -0.458. The van der Waals surface area contributed by atoms with Crippen molar-refractivity contribution in [3.8, 4) is 0 Å². The summed E-state index contributed by atoms with van der Waals surface area (Å²) in [7, 11) is 0. The number of ketones is 1. The Bertz CT molecular complexity index is 587. The second kappa shape index (κ2) is 5.46. The summed E-state index contributed by atoms with van der Waals surface area (Å²) in [6, 6.07) is 6.11. The van der Waals surface area contributed by atoms with Crippen LogP contribution in [0.1, 0.15) is 20.8 Å². The van der Waals surface area contributed by atoms with Gasteiger partial charge in [0.05, 0.1) is 5.56 Å². The molecular weight excluding hydrogens is 341 g/mol. The molecule has 0 aliphatic rings. The minimum Gasteiger partial charge on any atom is -0.294 e. The molecular formula is C13H8BrF3OS. The van der Waals surface area contributed by atoms with E-state index in [0.717, 1.165) is 21.5 Å². The Kier molecular flexibility index (Phi) is 4.10. The molecule has 0 saturated carbocycles. The third-order valence-corrected chi connectivity index (χ3v) is 4.19. The highest BCUT2D eigenvalue weighted by Gasteiger charge is 2.30. The molecule has 0 radical (unpaired) electrons. The van der Waals surface area contributed by atoms with E-state index in [1.807, 2.05) is 11.4 Å². The van der Waals surface area contributed by atoms with Crippen molar-refractivity contribution in [2.45, 2.75) is 12.6 Å². The summed E-state index contributed by atoms with van der Waals surface area (Å²) in [6.45, 7) is 0. The zero-order valence-electron chi connectivity index (χ0n) is 9.50. The lowest BCUT2D eigenvalue weighted by molar-refractivity contribution is -0.137. The average Bonchev–Trinajstić information content (AvgIpc) is 2.74. The molecule has 1 aromatic carbocycles.